The highest BCUT2D eigenvalue weighted by Gasteiger charge is 2.26. The molecule has 0 aliphatic heterocycles. The zero-order valence-corrected chi connectivity index (χ0v) is 9.45. The van der Waals surface area contributed by atoms with Crippen LogP contribution in [0.5, 0.6) is 5.75 Å². The van der Waals surface area contributed by atoms with Gasteiger partial charge in [-0.15, -0.1) is 0 Å². The maximum atomic E-state index is 13.7. The molecule has 2 aromatic carbocycles. The van der Waals surface area contributed by atoms with E-state index in [0.29, 0.717) is 6.07 Å². The Hall–Kier alpha value is -2.38. The predicted octanol–water partition coefficient (Wildman–Crippen LogP) is 3.48. The molecule has 2 nitrogen and oxygen atoms in total. The number of phenols is 1. The number of rotatable bonds is 1. The average molecular weight is 293 g/mol. The van der Waals surface area contributed by atoms with E-state index in [1.165, 1.54) is 0 Å². The summed E-state index contributed by atoms with van der Waals surface area (Å²) in [6.07, 6.45) is 0. The van der Waals surface area contributed by atoms with Gasteiger partial charge in [0.2, 0.25) is 0 Å². The zero-order valence-electron chi connectivity index (χ0n) is 9.45. The molecule has 0 unspecified atom stereocenters. The van der Waals surface area contributed by atoms with Crippen LogP contribution in [0.3, 0.4) is 0 Å². The van der Waals surface area contributed by atoms with Gasteiger partial charge < -0.3 is 10.8 Å². The van der Waals surface area contributed by atoms with Crippen LogP contribution in [0, 0.1) is 34.9 Å². The number of nitrogen functional groups attached to an aromatic ring is 1. The molecule has 0 amide bonds. The van der Waals surface area contributed by atoms with Crippen molar-refractivity contribution in [2.75, 3.05) is 5.73 Å². The van der Waals surface area contributed by atoms with Crippen molar-refractivity contribution >= 4 is 5.69 Å². The Labute approximate surface area is 108 Å². The van der Waals surface area contributed by atoms with Crippen LogP contribution < -0.4 is 5.73 Å². The summed E-state index contributed by atoms with van der Waals surface area (Å²) in [5.41, 5.74) is 1.73. The van der Waals surface area contributed by atoms with Crippen LogP contribution in [0.25, 0.3) is 11.1 Å². The van der Waals surface area contributed by atoms with E-state index in [2.05, 4.69) is 0 Å². The summed E-state index contributed by atoms with van der Waals surface area (Å²) in [6, 6.07) is 0.429. The van der Waals surface area contributed by atoms with E-state index >= 15 is 0 Å². The Bertz CT molecular complexity index is 716. The molecule has 0 saturated heterocycles. The van der Waals surface area contributed by atoms with Crippen LogP contribution in [-0.2, 0) is 0 Å². The Morgan fingerprint density at radius 3 is 1.95 bits per heavy atom. The number of halogens is 6. The van der Waals surface area contributed by atoms with E-state index in [0.717, 1.165) is 0 Å². The zero-order chi connectivity index (χ0) is 15.2. The van der Waals surface area contributed by atoms with Crippen LogP contribution in [-0.4, -0.2) is 5.11 Å². The van der Waals surface area contributed by atoms with Crippen molar-refractivity contribution in [3.05, 3.63) is 47.0 Å². The summed E-state index contributed by atoms with van der Waals surface area (Å²) in [6.45, 7) is 0. The van der Waals surface area contributed by atoms with E-state index in [1.54, 1.807) is 0 Å². The van der Waals surface area contributed by atoms with Crippen LogP contribution >= 0.6 is 0 Å². The van der Waals surface area contributed by atoms with E-state index in [9.17, 15) is 26.3 Å². The molecule has 3 N–H and O–H groups in total. The van der Waals surface area contributed by atoms with Gasteiger partial charge in [-0.2, -0.15) is 0 Å². The lowest BCUT2D eigenvalue weighted by atomic mass is 10.0. The Kier molecular flexibility index (Phi) is 3.24. The van der Waals surface area contributed by atoms with Crippen molar-refractivity contribution in [2.24, 2.45) is 0 Å². The average Bonchev–Trinajstić information content (AvgIpc) is 2.39. The van der Waals surface area contributed by atoms with E-state index < -0.39 is 57.5 Å². The van der Waals surface area contributed by atoms with Gasteiger partial charge in [-0.05, 0) is 6.07 Å². The molecule has 0 fully saturated rings. The third kappa shape index (κ3) is 1.93. The minimum atomic E-state index is -2.22. The largest absolute Gasteiger partial charge is 0.506 e. The summed E-state index contributed by atoms with van der Waals surface area (Å²) < 4.78 is 79.7. The first-order valence-corrected chi connectivity index (χ1v) is 5.05. The number of nitrogens with two attached hydrogens (primary N) is 1. The summed E-state index contributed by atoms with van der Waals surface area (Å²) >= 11 is 0. The molecule has 0 aliphatic carbocycles. The molecule has 0 radical (unpaired) electrons. The highest BCUT2D eigenvalue weighted by Crippen LogP contribution is 2.37. The molecule has 0 atom stereocenters. The summed E-state index contributed by atoms with van der Waals surface area (Å²) in [5.74, 6) is -12.2. The minimum Gasteiger partial charge on any atom is -0.506 e. The molecule has 0 spiro atoms. The quantitative estimate of drug-likeness (QED) is 0.278. The van der Waals surface area contributed by atoms with Gasteiger partial charge in [0.1, 0.15) is 17.3 Å². The van der Waals surface area contributed by atoms with Crippen LogP contribution in [0.15, 0.2) is 12.1 Å². The van der Waals surface area contributed by atoms with Crippen molar-refractivity contribution in [1.82, 2.24) is 0 Å². The normalized spacial score (nSPS) is 10.9. The number of aromatic hydroxyl groups is 1. The molecule has 0 aliphatic rings. The molecule has 2 aromatic rings. The fourth-order valence-corrected chi connectivity index (χ4v) is 1.62. The van der Waals surface area contributed by atoms with Crippen molar-refractivity contribution in [2.45, 2.75) is 0 Å². The van der Waals surface area contributed by atoms with Crippen molar-refractivity contribution in [3.63, 3.8) is 0 Å². The van der Waals surface area contributed by atoms with E-state index in [1.807, 2.05) is 0 Å². The number of hydrogen-bond acceptors (Lipinski definition) is 2. The van der Waals surface area contributed by atoms with Crippen molar-refractivity contribution in [3.8, 4) is 16.9 Å². The standard InChI is InChI=1S/C12H5F6NO/c13-4-2-6(20)12(19)10(17)7(4)3-1-5(14)9(16)11(18)8(3)15/h1-2,20H,19H2. The van der Waals surface area contributed by atoms with Crippen molar-refractivity contribution in [1.29, 1.82) is 0 Å². The minimum absolute atomic E-state index is 0.0890. The first-order chi connectivity index (χ1) is 9.25. The monoisotopic (exact) mass is 293 g/mol. The summed E-state index contributed by atoms with van der Waals surface area (Å²) in [4.78, 5) is 0. The van der Waals surface area contributed by atoms with Gasteiger partial charge in [0.15, 0.2) is 29.1 Å². The fraction of sp³-hybridized carbons (Fsp3) is 0. The fourth-order valence-electron chi connectivity index (χ4n) is 1.62. The van der Waals surface area contributed by atoms with Crippen LogP contribution in [0.1, 0.15) is 0 Å². The Morgan fingerprint density at radius 2 is 1.35 bits per heavy atom. The summed E-state index contributed by atoms with van der Waals surface area (Å²) in [5, 5.41) is 9.07. The van der Waals surface area contributed by atoms with Crippen LogP contribution in [0.4, 0.5) is 32.0 Å². The number of benzene rings is 2. The molecular weight excluding hydrogens is 288 g/mol. The lowest BCUT2D eigenvalue weighted by Gasteiger charge is -2.11. The maximum absolute atomic E-state index is 13.7. The third-order valence-electron chi connectivity index (χ3n) is 2.61. The second kappa shape index (κ2) is 4.62. The molecule has 20 heavy (non-hydrogen) atoms. The molecule has 2 rings (SSSR count). The number of hydrogen-bond donors (Lipinski definition) is 2. The van der Waals surface area contributed by atoms with Gasteiger partial charge in [-0.25, -0.2) is 26.3 Å². The number of anilines is 1. The molecule has 0 aromatic heterocycles. The lowest BCUT2D eigenvalue weighted by molar-refractivity contribution is 0.410. The summed E-state index contributed by atoms with van der Waals surface area (Å²) in [7, 11) is 0. The van der Waals surface area contributed by atoms with E-state index in [4.69, 9.17) is 10.8 Å². The van der Waals surface area contributed by atoms with Gasteiger partial charge >= 0.3 is 0 Å². The van der Waals surface area contributed by atoms with Gasteiger partial charge in [0.25, 0.3) is 0 Å². The predicted molar refractivity (Wildman–Crippen MR) is 57.7 cm³/mol. The number of phenolic OH excluding ortho intramolecular Hbond substituents is 1. The molecule has 0 saturated carbocycles. The molecule has 106 valence electrons. The highest BCUT2D eigenvalue weighted by atomic mass is 19.2. The van der Waals surface area contributed by atoms with Crippen LogP contribution in [0.2, 0.25) is 0 Å². The van der Waals surface area contributed by atoms with Gasteiger partial charge in [0.05, 0.1) is 5.56 Å². The molecule has 0 heterocycles. The molecule has 8 heteroatoms. The van der Waals surface area contributed by atoms with Gasteiger partial charge in [-0.1, -0.05) is 0 Å². The Morgan fingerprint density at radius 1 is 0.750 bits per heavy atom. The molecule has 0 bridgehead atoms. The third-order valence-corrected chi connectivity index (χ3v) is 2.61. The topological polar surface area (TPSA) is 46.2 Å². The van der Waals surface area contributed by atoms with E-state index in [-0.39, 0.29) is 6.07 Å². The first kappa shape index (κ1) is 14.0. The highest BCUT2D eigenvalue weighted by molar-refractivity contribution is 5.73. The Balaban J connectivity index is 2.86. The molecular formula is C12H5F6NO. The van der Waals surface area contributed by atoms with Gasteiger partial charge in [-0.3, -0.25) is 0 Å². The first-order valence-electron chi connectivity index (χ1n) is 5.05. The van der Waals surface area contributed by atoms with Gasteiger partial charge in [0, 0.05) is 11.6 Å². The smallest absolute Gasteiger partial charge is 0.198 e. The van der Waals surface area contributed by atoms with Crippen molar-refractivity contribution < 1.29 is 31.4 Å². The second-order valence-corrected chi connectivity index (χ2v) is 3.83. The lowest BCUT2D eigenvalue weighted by Crippen LogP contribution is -2.03. The maximum Gasteiger partial charge on any atom is 0.198 e. The second-order valence-electron chi connectivity index (χ2n) is 3.83. The SMILES string of the molecule is Nc1c(O)cc(F)c(-c2cc(F)c(F)c(F)c2F)c1F.